The average molecular weight is 709 g/mol. The van der Waals surface area contributed by atoms with Gasteiger partial charge >= 0.3 is 23.9 Å². The van der Waals surface area contributed by atoms with E-state index in [2.05, 4.69) is 27.0 Å². The second kappa shape index (κ2) is 18.6. The van der Waals surface area contributed by atoms with Gasteiger partial charge in [-0.15, -0.1) is 0 Å². The summed E-state index contributed by atoms with van der Waals surface area (Å²) in [5.74, 6) is -5.70. The van der Waals surface area contributed by atoms with E-state index in [0.29, 0.717) is 12.8 Å². The van der Waals surface area contributed by atoms with Crippen LogP contribution in [0.2, 0.25) is 0 Å². The van der Waals surface area contributed by atoms with Crippen LogP contribution >= 0.6 is 0 Å². The monoisotopic (exact) mass is 708 g/mol. The van der Waals surface area contributed by atoms with Crippen LogP contribution in [0.4, 0.5) is 4.39 Å². The van der Waals surface area contributed by atoms with Gasteiger partial charge in [0.05, 0.1) is 0 Å². The zero-order valence-corrected chi connectivity index (χ0v) is 29.4. The summed E-state index contributed by atoms with van der Waals surface area (Å²) in [5, 5.41) is 22.0. The van der Waals surface area contributed by atoms with E-state index in [1.165, 1.54) is 24.3 Å². The van der Waals surface area contributed by atoms with Crippen molar-refractivity contribution in [1.29, 1.82) is 0 Å². The van der Waals surface area contributed by atoms with Crippen LogP contribution in [0.25, 0.3) is 0 Å². The van der Waals surface area contributed by atoms with Crippen LogP contribution in [0.15, 0.2) is 92.1 Å². The van der Waals surface area contributed by atoms with E-state index in [1.807, 2.05) is 0 Å². The molecule has 2 aliphatic rings. The number of unbranched alkanes of at least 4 members (excludes halogenated alkanes) is 8. The third-order valence-electron chi connectivity index (χ3n) is 8.71. The minimum atomic E-state index is -2.29. The van der Waals surface area contributed by atoms with Gasteiger partial charge in [0.1, 0.15) is 17.0 Å². The first-order chi connectivity index (χ1) is 24.3. The second-order valence-corrected chi connectivity index (χ2v) is 12.8. The Bertz CT molecular complexity index is 1520. The van der Waals surface area contributed by atoms with E-state index in [-0.39, 0.29) is 5.75 Å². The second-order valence-electron chi connectivity index (χ2n) is 12.8. The molecule has 0 spiro atoms. The molecule has 0 aliphatic heterocycles. The molecular formula is C40H49FO10. The quantitative estimate of drug-likeness (QED) is 0.0477. The Balaban J connectivity index is 1.66. The highest BCUT2D eigenvalue weighted by Crippen LogP contribution is 2.34. The Morgan fingerprint density at radius 2 is 1.06 bits per heavy atom. The van der Waals surface area contributed by atoms with Gasteiger partial charge in [-0.05, 0) is 86.4 Å². The topological polar surface area (TPSA) is 146 Å². The van der Waals surface area contributed by atoms with E-state index in [0.717, 1.165) is 119 Å². The molecule has 0 atom stereocenters. The summed E-state index contributed by atoms with van der Waals surface area (Å²) in [6.07, 6.45) is 22.6. The number of rotatable bonds is 20. The molecule has 0 bridgehead atoms. The predicted octanol–water partition coefficient (Wildman–Crippen LogP) is 7.01. The van der Waals surface area contributed by atoms with Crippen molar-refractivity contribution in [3.8, 4) is 11.5 Å². The number of benzene rings is 1. The molecule has 51 heavy (non-hydrogen) atoms. The summed E-state index contributed by atoms with van der Waals surface area (Å²) in [7, 11) is 0. The van der Waals surface area contributed by atoms with E-state index >= 15 is 4.39 Å². The number of halogens is 1. The largest absolute Gasteiger partial charge is 0.447 e. The summed E-state index contributed by atoms with van der Waals surface area (Å²) < 4.78 is 36.6. The highest BCUT2D eigenvalue weighted by molar-refractivity contribution is 5.88. The fourth-order valence-electron chi connectivity index (χ4n) is 5.60. The van der Waals surface area contributed by atoms with Crippen molar-refractivity contribution >= 4 is 23.9 Å². The van der Waals surface area contributed by atoms with Crippen molar-refractivity contribution < 1.29 is 52.7 Å². The van der Waals surface area contributed by atoms with Crippen LogP contribution in [0.3, 0.4) is 0 Å². The Morgan fingerprint density at radius 1 is 0.647 bits per heavy atom. The van der Waals surface area contributed by atoms with Crippen LogP contribution < -0.4 is 9.47 Å². The fraction of sp³-hybridized carbons (Fsp3) is 0.450. The molecule has 0 heterocycles. The molecule has 0 saturated carbocycles. The summed E-state index contributed by atoms with van der Waals surface area (Å²) in [5.41, 5.74) is -6.95. The SMILES string of the molecule is C=CC(=O)OC1(CCCCCCC)C=CC(O)(C(=O)Oc2ccc(OC(=O)C3(O)C=CC(CCCCCCC)(OC(=O)C=C)C=C3)c(F)c2)C=C1. The van der Waals surface area contributed by atoms with Gasteiger partial charge in [0.2, 0.25) is 0 Å². The molecule has 1 aromatic carbocycles. The lowest BCUT2D eigenvalue weighted by Crippen LogP contribution is -2.43. The molecule has 2 N–H and O–H groups in total. The van der Waals surface area contributed by atoms with Gasteiger partial charge in [0.25, 0.3) is 0 Å². The molecule has 0 radical (unpaired) electrons. The summed E-state index contributed by atoms with van der Waals surface area (Å²) in [6.45, 7) is 11.1. The van der Waals surface area contributed by atoms with E-state index in [4.69, 9.17) is 18.9 Å². The van der Waals surface area contributed by atoms with Crippen molar-refractivity contribution in [2.75, 3.05) is 0 Å². The van der Waals surface area contributed by atoms with Crippen LogP contribution in [-0.2, 0) is 28.7 Å². The smallest absolute Gasteiger partial charge is 0.351 e. The minimum absolute atomic E-state index is 0.303. The average Bonchev–Trinajstić information content (AvgIpc) is 3.11. The third kappa shape index (κ3) is 11.5. The van der Waals surface area contributed by atoms with Gasteiger partial charge in [-0.25, -0.2) is 23.6 Å². The molecule has 1 aromatic rings. The van der Waals surface area contributed by atoms with Crippen LogP contribution in [0, 0.1) is 5.82 Å². The number of aliphatic hydroxyl groups is 2. The number of carbonyl (C=O) groups is 4. The number of hydrogen-bond acceptors (Lipinski definition) is 10. The van der Waals surface area contributed by atoms with Crippen molar-refractivity contribution in [3.05, 3.63) is 97.9 Å². The van der Waals surface area contributed by atoms with Crippen molar-refractivity contribution in [3.63, 3.8) is 0 Å². The Morgan fingerprint density at radius 3 is 1.45 bits per heavy atom. The molecule has 0 aromatic heterocycles. The van der Waals surface area contributed by atoms with Crippen molar-refractivity contribution in [2.45, 2.75) is 113 Å². The van der Waals surface area contributed by atoms with E-state index in [9.17, 15) is 29.4 Å². The lowest BCUT2D eigenvalue weighted by molar-refractivity contribution is -0.149. The first-order valence-corrected chi connectivity index (χ1v) is 17.5. The first kappa shape index (κ1) is 40.8. The van der Waals surface area contributed by atoms with Gasteiger partial charge in [0, 0.05) is 18.2 Å². The first-order valence-electron chi connectivity index (χ1n) is 17.5. The summed E-state index contributed by atoms with van der Waals surface area (Å²) in [6, 6.07) is 2.95. The Hall–Kier alpha value is -4.61. The lowest BCUT2D eigenvalue weighted by atomic mass is 9.85. The molecule has 276 valence electrons. The third-order valence-corrected chi connectivity index (χ3v) is 8.71. The molecule has 11 heteroatoms. The maximum Gasteiger partial charge on any atom is 0.351 e. The molecule has 2 aliphatic carbocycles. The van der Waals surface area contributed by atoms with E-state index < -0.39 is 57.8 Å². The zero-order valence-electron chi connectivity index (χ0n) is 29.4. The van der Waals surface area contributed by atoms with Crippen molar-refractivity contribution in [1.82, 2.24) is 0 Å². The van der Waals surface area contributed by atoms with Gasteiger partial charge in [-0.2, -0.15) is 0 Å². The van der Waals surface area contributed by atoms with Gasteiger partial charge in [0.15, 0.2) is 22.8 Å². The van der Waals surface area contributed by atoms with Gasteiger partial charge in [-0.1, -0.05) is 78.4 Å². The van der Waals surface area contributed by atoms with Crippen LogP contribution in [0.1, 0.15) is 90.9 Å². The predicted molar refractivity (Wildman–Crippen MR) is 189 cm³/mol. The molecule has 10 nitrogen and oxygen atoms in total. The molecule has 0 saturated heterocycles. The Kier molecular flexibility index (Phi) is 14.9. The molecule has 0 unspecified atom stereocenters. The van der Waals surface area contributed by atoms with Gasteiger partial charge < -0.3 is 29.2 Å². The van der Waals surface area contributed by atoms with Gasteiger partial charge in [-0.3, -0.25) is 0 Å². The number of hydrogen-bond donors (Lipinski definition) is 2. The standard InChI is InChI=1S/C40H49FO10/c1-5-9-11-13-15-19-37(50-33(42)7-3)21-25-39(46,26-22-37)35(44)48-30-17-18-32(31(41)29-30)49-36(45)40(47)27-23-38(24-28-40,51-34(43)8-4)20-16-14-12-10-6-2/h7-8,17-18,21-29,46-47H,3-6,9-16,19-20H2,1-2H3. The summed E-state index contributed by atoms with van der Waals surface area (Å²) in [4.78, 5) is 50.1. The van der Waals surface area contributed by atoms with Crippen LogP contribution in [0.5, 0.6) is 11.5 Å². The summed E-state index contributed by atoms with van der Waals surface area (Å²) >= 11 is 0. The molecule has 3 rings (SSSR count). The highest BCUT2D eigenvalue weighted by Gasteiger charge is 2.42. The normalized spacial score (nSPS) is 24.8. The maximum atomic E-state index is 15.1. The number of ether oxygens (including phenoxy) is 4. The van der Waals surface area contributed by atoms with Crippen molar-refractivity contribution in [2.24, 2.45) is 0 Å². The molecule has 0 fully saturated rings. The lowest BCUT2D eigenvalue weighted by Gasteiger charge is -2.33. The Labute approximate surface area is 299 Å². The van der Waals surface area contributed by atoms with Crippen LogP contribution in [-0.4, -0.2) is 56.5 Å². The molecular weight excluding hydrogens is 659 g/mol. The molecule has 0 amide bonds. The highest BCUT2D eigenvalue weighted by atomic mass is 19.1. The number of esters is 4. The minimum Gasteiger partial charge on any atom is -0.447 e. The zero-order chi connectivity index (χ0) is 37.5. The van der Waals surface area contributed by atoms with E-state index in [1.54, 1.807) is 0 Å². The number of carbonyl (C=O) groups excluding carboxylic acids is 4. The maximum absolute atomic E-state index is 15.1. The fourth-order valence-corrected chi connectivity index (χ4v) is 5.60.